The van der Waals surface area contributed by atoms with Crippen molar-refractivity contribution in [1.29, 1.82) is 5.26 Å². The lowest BCUT2D eigenvalue weighted by Gasteiger charge is -1.93. The van der Waals surface area contributed by atoms with Crippen LogP contribution in [0.4, 0.5) is 0 Å². The van der Waals surface area contributed by atoms with Gasteiger partial charge in [-0.2, -0.15) is 5.26 Å². The maximum atomic E-state index is 8.20. The highest BCUT2D eigenvalue weighted by molar-refractivity contribution is 9.10. The molecule has 12 heavy (non-hydrogen) atoms. The minimum absolute atomic E-state index is 0.603. The van der Waals surface area contributed by atoms with Crippen molar-refractivity contribution in [2.75, 3.05) is 0 Å². The van der Waals surface area contributed by atoms with E-state index in [1.165, 1.54) is 0 Å². The average molecular weight is 240 g/mol. The van der Waals surface area contributed by atoms with E-state index < -0.39 is 0 Å². The van der Waals surface area contributed by atoms with Crippen molar-refractivity contribution in [1.82, 2.24) is 0 Å². The summed E-state index contributed by atoms with van der Waals surface area (Å²) in [7, 11) is 0. The summed E-state index contributed by atoms with van der Waals surface area (Å²) < 4.78 is 0.859. The highest BCUT2D eigenvalue weighted by atomic mass is 79.9. The number of nitrogens with zero attached hydrogens (tertiary/aromatic N) is 1. The highest BCUT2D eigenvalue weighted by Gasteiger charge is 1.93. The molecule has 0 bridgehead atoms. The summed E-state index contributed by atoms with van der Waals surface area (Å²) in [6.45, 7) is 0. The average Bonchev–Trinajstić information content (AvgIpc) is 1.99. The van der Waals surface area contributed by atoms with Crippen molar-refractivity contribution in [3.8, 4) is 17.9 Å². The van der Waals surface area contributed by atoms with Gasteiger partial charge < -0.3 is 0 Å². The van der Waals surface area contributed by atoms with E-state index in [0.717, 1.165) is 10.0 Å². The zero-order valence-corrected chi connectivity index (χ0v) is 8.28. The maximum Gasteiger partial charge on any atom is 0.152 e. The fourth-order valence-corrected chi connectivity index (χ4v) is 1.59. The lowest BCUT2D eigenvalue weighted by Crippen LogP contribution is -1.74. The highest BCUT2D eigenvalue weighted by Crippen LogP contribution is 2.18. The molecule has 3 heteroatoms. The fraction of sp³-hybridized carbons (Fsp3) is 0. The van der Waals surface area contributed by atoms with E-state index >= 15 is 0 Å². The van der Waals surface area contributed by atoms with Crippen molar-refractivity contribution >= 4 is 27.5 Å². The van der Waals surface area contributed by atoms with Gasteiger partial charge in [-0.15, -0.1) is 0 Å². The Hall–Kier alpha value is -0.960. The molecule has 0 aliphatic heterocycles. The van der Waals surface area contributed by atoms with Gasteiger partial charge in [-0.05, 0) is 18.2 Å². The predicted octanol–water partition coefficient (Wildman–Crippen LogP) is 2.98. The maximum absolute atomic E-state index is 8.20. The van der Waals surface area contributed by atoms with E-state index in [1.807, 2.05) is 0 Å². The van der Waals surface area contributed by atoms with E-state index in [1.54, 1.807) is 24.3 Å². The van der Waals surface area contributed by atoms with Crippen molar-refractivity contribution in [2.24, 2.45) is 0 Å². The Morgan fingerprint density at radius 2 is 2.08 bits per heavy atom. The second-order valence-electron chi connectivity index (χ2n) is 2.02. The summed E-state index contributed by atoms with van der Waals surface area (Å²) in [6.07, 6.45) is 0. The molecule has 0 saturated carbocycles. The molecule has 0 atom stereocenters. The van der Waals surface area contributed by atoms with Gasteiger partial charge in [0.1, 0.15) is 0 Å². The zero-order chi connectivity index (χ0) is 8.97. The quantitative estimate of drug-likeness (QED) is 0.640. The van der Waals surface area contributed by atoms with Gasteiger partial charge in [-0.25, -0.2) is 0 Å². The van der Waals surface area contributed by atoms with Crippen LogP contribution in [0, 0.1) is 23.2 Å². The summed E-state index contributed by atoms with van der Waals surface area (Å²) in [5, 5.41) is 8.80. The molecular weight excluding hydrogens is 237 g/mol. The lowest BCUT2D eigenvalue weighted by atomic mass is 10.2. The second-order valence-corrected chi connectivity index (χ2v) is 3.37. The number of hydrogen-bond donors (Lipinski definition) is 0. The van der Waals surface area contributed by atoms with E-state index in [0.29, 0.717) is 5.02 Å². The first-order valence-corrected chi connectivity index (χ1v) is 4.25. The SMILES string of the molecule is N#CC#Cc1cc(Cl)cc(Br)c1. The summed E-state index contributed by atoms with van der Waals surface area (Å²) in [5.74, 6) is 4.95. The van der Waals surface area contributed by atoms with Crippen LogP contribution in [0.5, 0.6) is 0 Å². The van der Waals surface area contributed by atoms with E-state index in [2.05, 4.69) is 27.8 Å². The Bertz CT molecular complexity index is 375. The van der Waals surface area contributed by atoms with Gasteiger partial charge in [0.05, 0.1) is 0 Å². The largest absolute Gasteiger partial charge is 0.183 e. The van der Waals surface area contributed by atoms with Crippen LogP contribution in [0.1, 0.15) is 5.56 Å². The topological polar surface area (TPSA) is 23.8 Å². The predicted molar refractivity (Wildman–Crippen MR) is 51.6 cm³/mol. The third kappa shape index (κ3) is 2.58. The van der Waals surface area contributed by atoms with Crippen LogP contribution in [0.2, 0.25) is 5.02 Å². The lowest BCUT2D eigenvalue weighted by molar-refractivity contribution is 1.54. The Labute approximate surface area is 84.1 Å². The van der Waals surface area contributed by atoms with E-state index in [4.69, 9.17) is 16.9 Å². The van der Waals surface area contributed by atoms with E-state index in [-0.39, 0.29) is 0 Å². The second kappa shape index (κ2) is 4.16. The molecule has 0 fully saturated rings. The van der Waals surface area contributed by atoms with Gasteiger partial charge >= 0.3 is 0 Å². The molecule has 0 N–H and O–H groups in total. The number of nitriles is 1. The van der Waals surface area contributed by atoms with Crippen LogP contribution in [0.15, 0.2) is 22.7 Å². The Balaban J connectivity index is 3.11. The molecule has 0 aromatic heterocycles. The van der Waals surface area contributed by atoms with Crippen LogP contribution in [0.3, 0.4) is 0 Å². The zero-order valence-electron chi connectivity index (χ0n) is 5.94. The van der Waals surface area contributed by atoms with Crippen molar-refractivity contribution in [3.63, 3.8) is 0 Å². The minimum Gasteiger partial charge on any atom is -0.183 e. The molecule has 0 spiro atoms. The molecule has 0 amide bonds. The van der Waals surface area contributed by atoms with Gasteiger partial charge in [0, 0.05) is 21.0 Å². The molecule has 1 aromatic rings. The summed E-state index contributed by atoms with van der Waals surface area (Å²) >= 11 is 9.02. The smallest absolute Gasteiger partial charge is 0.152 e. The molecule has 0 unspecified atom stereocenters. The van der Waals surface area contributed by atoms with Crippen molar-refractivity contribution in [3.05, 3.63) is 33.3 Å². The Morgan fingerprint density at radius 1 is 1.33 bits per heavy atom. The molecule has 0 aliphatic rings. The normalized spacial score (nSPS) is 8.08. The van der Waals surface area contributed by atoms with Gasteiger partial charge in [-0.3, -0.25) is 0 Å². The first kappa shape index (κ1) is 9.13. The summed E-state index contributed by atoms with van der Waals surface area (Å²) in [5.41, 5.74) is 0.732. The third-order valence-electron chi connectivity index (χ3n) is 1.13. The number of hydrogen-bond acceptors (Lipinski definition) is 1. The Kier molecular flexibility index (Phi) is 3.17. The molecule has 58 valence electrons. The first-order chi connectivity index (χ1) is 5.72. The fourth-order valence-electron chi connectivity index (χ4n) is 0.726. The third-order valence-corrected chi connectivity index (χ3v) is 1.80. The van der Waals surface area contributed by atoms with Crippen molar-refractivity contribution in [2.45, 2.75) is 0 Å². The number of rotatable bonds is 0. The van der Waals surface area contributed by atoms with Gasteiger partial charge in [-0.1, -0.05) is 33.5 Å². The van der Waals surface area contributed by atoms with Crippen LogP contribution in [-0.4, -0.2) is 0 Å². The first-order valence-electron chi connectivity index (χ1n) is 3.08. The number of halogens is 2. The standard InChI is InChI=1S/C9H3BrClN/c10-8-4-7(2-1-3-12)5-9(11)6-8/h4-6H. The monoisotopic (exact) mass is 239 g/mol. The molecular formula is C9H3BrClN. The summed E-state index contributed by atoms with van der Waals surface area (Å²) in [6, 6.07) is 7.01. The van der Waals surface area contributed by atoms with Crippen LogP contribution in [0.25, 0.3) is 0 Å². The minimum atomic E-state index is 0.603. The van der Waals surface area contributed by atoms with Gasteiger partial charge in [0.2, 0.25) is 0 Å². The molecule has 0 heterocycles. The molecule has 1 nitrogen and oxygen atoms in total. The molecule has 0 radical (unpaired) electrons. The molecule has 0 saturated heterocycles. The van der Waals surface area contributed by atoms with Crippen molar-refractivity contribution < 1.29 is 0 Å². The van der Waals surface area contributed by atoms with Gasteiger partial charge in [0.15, 0.2) is 6.07 Å². The van der Waals surface area contributed by atoms with Crippen LogP contribution >= 0.6 is 27.5 Å². The van der Waals surface area contributed by atoms with E-state index in [9.17, 15) is 0 Å². The Morgan fingerprint density at radius 3 is 2.67 bits per heavy atom. The van der Waals surface area contributed by atoms with Gasteiger partial charge in [0.25, 0.3) is 0 Å². The van der Waals surface area contributed by atoms with Crippen LogP contribution in [-0.2, 0) is 0 Å². The number of benzene rings is 1. The molecule has 1 aromatic carbocycles. The molecule has 1 rings (SSSR count). The molecule has 0 aliphatic carbocycles. The summed E-state index contributed by atoms with van der Waals surface area (Å²) in [4.78, 5) is 0. The van der Waals surface area contributed by atoms with Crippen LogP contribution < -0.4 is 0 Å².